The Morgan fingerprint density at radius 1 is 1.50 bits per heavy atom. The third-order valence-electron chi connectivity index (χ3n) is 4.35. The Labute approximate surface area is 99.6 Å². The molecule has 0 bridgehead atoms. The van der Waals surface area contributed by atoms with Gasteiger partial charge in [0, 0.05) is 5.92 Å². The summed E-state index contributed by atoms with van der Waals surface area (Å²) < 4.78 is 0. The van der Waals surface area contributed by atoms with E-state index in [1.165, 1.54) is 5.57 Å². The average molecular weight is 220 g/mol. The van der Waals surface area contributed by atoms with Crippen LogP contribution in [0.25, 0.3) is 0 Å². The van der Waals surface area contributed by atoms with Gasteiger partial charge in [-0.1, -0.05) is 38.5 Å². The number of Topliss-reactive ketones (excluding diaryl/α,β-unsaturated/α-hetero) is 1. The molecule has 0 aromatic heterocycles. The lowest BCUT2D eigenvalue weighted by molar-refractivity contribution is -0.122. The van der Waals surface area contributed by atoms with Crippen molar-refractivity contribution in [3.8, 4) is 0 Å². The van der Waals surface area contributed by atoms with E-state index >= 15 is 0 Å². The van der Waals surface area contributed by atoms with Gasteiger partial charge in [0.1, 0.15) is 0 Å². The van der Waals surface area contributed by atoms with E-state index in [2.05, 4.69) is 33.8 Å². The number of carbonyl (C=O) groups excluding carboxylic acids is 1. The van der Waals surface area contributed by atoms with E-state index in [-0.39, 0.29) is 11.3 Å². The zero-order valence-electron chi connectivity index (χ0n) is 11.4. The number of hydrogen-bond acceptors (Lipinski definition) is 1. The van der Waals surface area contributed by atoms with Gasteiger partial charge in [-0.05, 0) is 44.1 Å². The minimum absolute atomic E-state index is 0.0625. The maximum absolute atomic E-state index is 12.4. The second kappa shape index (κ2) is 4.57. The maximum atomic E-state index is 12.4. The van der Waals surface area contributed by atoms with Gasteiger partial charge < -0.3 is 0 Å². The topological polar surface area (TPSA) is 17.1 Å². The number of hydrogen-bond donors (Lipinski definition) is 0. The molecule has 0 heterocycles. The van der Waals surface area contributed by atoms with Crippen molar-refractivity contribution in [2.45, 2.75) is 48.0 Å². The summed E-state index contributed by atoms with van der Waals surface area (Å²) in [5, 5.41) is 0. The smallest absolute Gasteiger partial charge is 0.165 e. The highest BCUT2D eigenvalue weighted by molar-refractivity contribution is 5.98. The van der Waals surface area contributed by atoms with Crippen molar-refractivity contribution in [3.63, 3.8) is 0 Å². The van der Waals surface area contributed by atoms with Gasteiger partial charge in [0.2, 0.25) is 0 Å². The number of rotatable bonds is 2. The third-order valence-corrected chi connectivity index (χ3v) is 4.35. The fraction of sp³-hybridized carbons (Fsp3) is 0.667. The van der Waals surface area contributed by atoms with E-state index in [1.807, 2.05) is 19.9 Å². The second-order valence-electron chi connectivity index (χ2n) is 5.68. The normalized spacial score (nSPS) is 29.9. The molecule has 0 aromatic carbocycles. The van der Waals surface area contributed by atoms with E-state index in [0.29, 0.717) is 11.7 Å². The van der Waals surface area contributed by atoms with Crippen molar-refractivity contribution < 1.29 is 4.79 Å². The first-order valence-electron chi connectivity index (χ1n) is 6.16. The van der Waals surface area contributed by atoms with Crippen LogP contribution in [-0.4, -0.2) is 5.78 Å². The lowest BCUT2D eigenvalue weighted by Crippen LogP contribution is -2.39. The Bertz CT molecular complexity index is 344. The van der Waals surface area contributed by atoms with Crippen molar-refractivity contribution in [3.05, 3.63) is 23.3 Å². The molecule has 0 aliphatic heterocycles. The summed E-state index contributed by atoms with van der Waals surface area (Å²) in [5.74, 6) is 0.926. The Morgan fingerprint density at radius 2 is 2.06 bits per heavy atom. The minimum Gasteiger partial charge on any atom is -0.294 e. The molecule has 0 saturated carbocycles. The molecule has 0 spiro atoms. The molecule has 1 nitrogen and oxygen atoms in total. The summed E-state index contributed by atoms with van der Waals surface area (Å²) in [6.45, 7) is 12.6. The van der Waals surface area contributed by atoms with Crippen LogP contribution >= 0.6 is 0 Å². The zero-order chi connectivity index (χ0) is 12.5. The van der Waals surface area contributed by atoms with Gasteiger partial charge in [0.25, 0.3) is 0 Å². The Balaban J connectivity index is 3.14. The van der Waals surface area contributed by atoms with Crippen LogP contribution in [0.1, 0.15) is 48.0 Å². The van der Waals surface area contributed by atoms with Gasteiger partial charge in [0.05, 0.1) is 0 Å². The molecular weight excluding hydrogens is 196 g/mol. The van der Waals surface area contributed by atoms with Crippen molar-refractivity contribution in [2.24, 2.45) is 17.3 Å². The Morgan fingerprint density at radius 3 is 2.56 bits per heavy atom. The van der Waals surface area contributed by atoms with Crippen molar-refractivity contribution in [2.75, 3.05) is 0 Å². The SMILES string of the molecule is CC=C(C)C(=O)[C@@H]1C(C)=CC[C@@H](C)C1(C)C. The molecule has 0 saturated heterocycles. The first kappa shape index (κ1) is 13.2. The number of ketones is 1. The molecule has 0 fully saturated rings. The first-order valence-corrected chi connectivity index (χ1v) is 6.16. The quantitative estimate of drug-likeness (QED) is 0.504. The van der Waals surface area contributed by atoms with E-state index < -0.39 is 0 Å². The summed E-state index contributed by atoms with van der Waals surface area (Å²) >= 11 is 0. The molecule has 1 heteroatoms. The van der Waals surface area contributed by atoms with Gasteiger partial charge in [-0.2, -0.15) is 0 Å². The van der Waals surface area contributed by atoms with Crippen molar-refractivity contribution in [1.29, 1.82) is 0 Å². The van der Waals surface area contributed by atoms with Gasteiger partial charge >= 0.3 is 0 Å². The van der Waals surface area contributed by atoms with Gasteiger partial charge in [0.15, 0.2) is 5.78 Å². The molecule has 1 rings (SSSR count). The standard InChI is InChI=1S/C15H24O/c1-7-10(2)14(16)13-11(3)8-9-12(4)15(13,5)6/h7-8,12-13H,9H2,1-6H3/t12-,13+/m1/s1. The lowest BCUT2D eigenvalue weighted by Gasteiger charge is -2.42. The van der Waals surface area contributed by atoms with Crippen LogP contribution in [0.2, 0.25) is 0 Å². The molecule has 1 aliphatic rings. The molecular formula is C15H24O. The Hall–Kier alpha value is -0.850. The molecule has 1 aliphatic carbocycles. The molecule has 0 aromatic rings. The largest absolute Gasteiger partial charge is 0.294 e. The predicted molar refractivity (Wildman–Crippen MR) is 69.2 cm³/mol. The van der Waals surface area contributed by atoms with Crippen molar-refractivity contribution >= 4 is 5.78 Å². The molecule has 90 valence electrons. The molecule has 16 heavy (non-hydrogen) atoms. The van der Waals surface area contributed by atoms with Crippen LogP contribution in [0, 0.1) is 17.3 Å². The highest BCUT2D eigenvalue weighted by atomic mass is 16.1. The Kier molecular flexibility index (Phi) is 3.77. The van der Waals surface area contributed by atoms with E-state index in [4.69, 9.17) is 0 Å². The summed E-state index contributed by atoms with van der Waals surface area (Å²) in [6, 6.07) is 0. The molecule has 2 atom stereocenters. The third kappa shape index (κ3) is 2.14. The fourth-order valence-electron chi connectivity index (χ4n) is 2.57. The second-order valence-corrected chi connectivity index (χ2v) is 5.68. The van der Waals surface area contributed by atoms with E-state index in [9.17, 15) is 4.79 Å². The predicted octanol–water partition coefficient (Wildman–Crippen LogP) is 4.15. The van der Waals surface area contributed by atoms with Gasteiger partial charge in [-0.25, -0.2) is 0 Å². The van der Waals surface area contributed by atoms with Crippen LogP contribution in [0.15, 0.2) is 23.3 Å². The number of carbonyl (C=O) groups is 1. The molecule has 0 radical (unpaired) electrons. The van der Waals surface area contributed by atoms with Crippen LogP contribution in [0.4, 0.5) is 0 Å². The highest BCUT2D eigenvalue weighted by Crippen LogP contribution is 2.45. The minimum atomic E-state index is 0.0625. The first-order chi connectivity index (χ1) is 7.32. The van der Waals surface area contributed by atoms with E-state index in [1.54, 1.807) is 0 Å². The molecule has 0 unspecified atom stereocenters. The summed E-state index contributed by atoms with van der Waals surface area (Å²) in [7, 11) is 0. The van der Waals surface area contributed by atoms with Crippen LogP contribution in [0.3, 0.4) is 0 Å². The molecule has 0 N–H and O–H groups in total. The lowest BCUT2D eigenvalue weighted by atomic mass is 9.61. The van der Waals surface area contributed by atoms with Crippen LogP contribution < -0.4 is 0 Å². The monoisotopic (exact) mass is 220 g/mol. The van der Waals surface area contributed by atoms with Crippen LogP contribution in [0.5, 0.6) is 0 Å². The maximum Gasteiger partial charge on any atom is 0.165 e. The van der Waals surface area contributed by atoms with E-state index in [0.717, 1.165) is 12.0 Å². The average Bonchev–Trinajstić information content (AvgIpc) is 2.22. The summed E-state index contributed by atoms with van der Waals surface area (Å²) in [6.07, 6.45) is 5.25. The number of allylic oxidation sites excluding steroid dienone is 4. The molecule has 0 amide bonds. The van der Waals surface area contributed by atoms with Gasteiger partial charge in [-0.15, -0.1) is 0 Å². The highest BCUT2D eigenvalue weighted by Gasteiger charge is 2.42. The summed E-state index contributed by atoms with van der Waals surface area (Å²) in [4.78, 5) is 12.4. The fourth-order valence-corrected chi connectivity index (χ4v) is 2.57. The summed E-state index contributed by atoms with van der Waals surface area (Å²) in [5.41, 5.74) is 2.20. The zero-order valence-corrected chi connectivity index (χ0v) is 11.4. The van der Waals surface area contributed by atoms with Crippen LogP contribution in [-0.2, 0) is 4.79 Å². The van der Waals surface area contributed by atoms with Gasteiger partial charge in [-0.3, -0.25) is 4.79 Å². The van der Waals surface area contributed by atoms with Crippen molar-refractivity contribution in [1.82, 2.24) is 0 Å².